The van der Waals surface area contributed by atoms with E-state index in [1.54, 1.807) is 30.3 Å². The maximum atomic E-state index is 11.9. The van der Waals surface area contributed by atoms with Gasteiger partial charge in [-0.2, -0.15) is 0 Å². The van der Waals surface area contributed by atoms with Gasteiger partial charge in [0.1, 0.15) is 18.4 Å². The number of ether oxygens (including phenoxy) is 1. The molecular weight excluding hydrogens is 487 g/mol. The van der Waals surface area contributed by atoms with Crippen LogP contribution in [0.15, 0.2) is 46.8 Å². The smallest absolute Gasteiger partial charge is 0.243 e. The van der Waals surface area contributed by atoms with Gasteiger partial charge < -0.3 is 20.3 Å². The lowest BCUT2D eigenvalue weighted by molar-refractivity contribution is -0.127. The fraction of sp³-hybridized carbons (Fsp3) is 0.400. The minimum atomic E-state index is -0.0288. The van der Waals surface area contributed by atoms with E-state index >= 15 is 0 Å². The maximum absolute atomic E-state index is 11.9. The number of likely N-dealkylation sites (N-methyl/N-ethyl adjacent to an activating group) is 1. The number of hydrogen-bond donors (Lipinski definition) is 2. The normalized spacial score (nSPS) is 15.2. The number of aliphatic imine (C=N–C) groups is 1. The number of nitrogens with one attached hydrogen (secondary N) is 2. The Hall–Kier alpha value is -1.81. The first-order valence-corrected chi connectivity index (χ1v) is 9.99. The number of thiophene rings is 1. The van der Waals surface area contributed by atoms with E-state index in [0.717, 1.165) is 25.1 Å². The van der Waals surface area contributed by atoms with Gasteiger partial charge in [-0.3, -0.25) is 4.79 Å². The van der Waals surface area contributed by atoms with E-state index in [4.69, 9.17) is 4.74 Å². The third kappa shape index (κ3) is 6.66. The molecule has 2 aromatic rings. The van der Waals surface area contributed by atoms with Crippen LogP contribution in [-0.2, 0) is 17.6 Å². The van der Waals surface area contributed by atoms with E-state index < -0.39 is 0 Å². The second kappa shape index (κ2) is 11.3. The third-order valence-electron chi connectivity index (χ3n) is 4.33. The van der Waals surface area contributed by atoms with E-state index in [1.165, 1.54) is 10.4 Å². The molecule has 0 aliphatic carbocycles. The Kier molecular flexibility index (Phi) is 9.04. The molecule has 0 saturated heterocycles. The summed E-state index contributed by atoms with van der Waals surface area (Å²) < 4.78 is 5.97. The number of guanidine groups is 1. The van der Waals surface area contributed by atoms with Gasteiger partial charge in [0.2, 0.25) is 5.91 Å². The van der Waals surface area contributed by atoms with Gasteiger partial charge in [-0.1, -0.05) is 24.3 Å². The predicted octanol–water partition coefficient (Wildman–Crippen LogP) is 2.54. The zero-order valence-corrected chi connectivity index (χ0v) is 19.3. The highest BCUT2D eigenvalue weighted by Gasteiger charge is 2.22. The molecule has 1 aliphatic heterocycles. The molecule has 1 unspecified atom stereocenters. The topological polar surface area (TPSA) is 66.0 Å². The monoisotopic (exact) mass is 514 g/mol. The Morgan fingerprint density at radius 1 is 1.25 bits per heavy atom. The van der Waals surface area contributed by atoms with Crippen molar-refractivity contribution in [1.29, 1.82) is 0 Å². The highest BCUT2D eigenvalue weighted by Crippen LogP contribution is 2.27. The van der Waals surface area contributed by atoms with Crippen molar-refractivity contribution < 1.29 is 9.53 Å². The highest BCUT2D eigenvalue weighted by atomic mass is 127. The summed E-state index contributed by atoms with van der Waals surface area (Å²) in [4.78, 5) is 19.1. The summed E-state index contributed by atoms with van der Waals surface area (Å²) in [5.74, 6) is 1.57. The molecule has 6 nitrogen and oxygen atoms in total. The number of fused-ring (bicyclic) bond motifs is 1. The molecule has 1 aliphatic rings. The van der Waals surface area contributed by atoms with Crippen molar-refractivity contribution in [3.05, 3.63) is 52.2 Å². The Labute approximate surface area is 187 Å². The van der Waals surface area contributed by atoms with Crippen molar-refractivity contribution in [3.8, 4) is 5.75 Å². The minimum absolute atomic E-state index is 0. The molecule has 3 rings (SSSR count). The van der Waals surface area contributed by atoms with Gasteiger partial charge in [-0.25, -0.2) is 4.99 Å². The first-order valence-electron chi connectivity index (χ1n) is 9.11. The molecule has 0 bridgehead atoms. The molecule has 0 spiro atoms. The van der Waals surface area contributed by atoms with Crippen molar-refractivity contribution in [3.63, 3.8) is 0 Å². The van der Waals surface area contributed by atoms with Gasteiger partial charge in [0.15, 0.2) is 5.96 Å². The van der Waals surface area contributed by atoms with Gasteiger partial charge >= 0.3 is 0 Å². The van der Waals surface area contributed by atoms with Gasteiger partial charge in [0, 0.05) is 31.9 Å². The largest absolute Gasteiger partial charge is 0.488 e. The summed E-state index contributed by atoms with van der Waals surface area (Å²) in [7, 11) is 3.47. The Morgan fingerprint density at radius 3 is 2.79 bits per heavy atom. The lowest BCUT2D eigenvalue weighted by atomic mass is 10.1. The Balaban J connectivity index is 0.00000280. The van der Waals surface area contributed by atoms with Gasteiger partial charge in [0.25, 0.3) is 0 Å². The summed E-state index contributed by atoms with van der Waals surface area (Å²) in [6.07, 6.45) is 1.87. The molecule has 1 aromatic carbocycles. The van der Waals surface area contributed by atoms with Crippen LogP contribution < -0.4 is 15.4 Å². The number of carbonyl (C=O) groups is 1. The quantitative estimate of drug-likeness (QED) is 0.339. The summed E-state index contributed by atoms with van der Waals surface area (Å²) in [6, 6.07) is 12.3. The van der Waals surface area contributed by atoms with Crippen LogP contribution in [0.2, 0.25) is 0 Å². The number of halogens is 1. The highest BCUT2D eigenvalue weighted by molar-refractivity contribution is 14.0. The lowest BCUT2D eigenvalue weighted by Gasteiger charge is -2.16. The Morgan fingerprint density at radius 2 is 2.07 bits per heavy atom. The van der Waals surface area contributed by atoms with Crippen LogP contribution in [0, 0.1) is 0 Å². The summed E-state index contributed by atoms with van der Waals surface area (Å²) >= 11 is 1.74. The number of carbonyl (C=O) groups excluding carboxylic acids is 1. The summed E-state index contributed by atoms with van der Waals surface area (Å²) in [5.41, 5.74) is 1.23. The van der Waals surface area contributed by atoms with Crippen LogP contribution in [0.4, 0.5) is 0 Å². The number of nitrogens with zero attached hydrogens (tertiary/aromatic N) is 2. The molecule has 1 amide bonds. The van der Waals surface area contributed by atoms with Crippen molar-refractivity contribution in [2.45, 2.75) is 18.9 Å². The average Bonchev–Trinajstić information content (AvgIpc) is 3.32. The molecule has 0 saturated carbocycles. The van der Waals surface area contributed by atoms with Crippen LogP contribution >= 0.6 is 35.3 Å². The van der Waals surface area contributed by atoms with Crippen LogP contribution in [0.1, 0.15) is 10.4 Å². The van der Waals surface area contributed by atoms with Gasteiger partial charge in [-0.15, -0.1) is 35.3 Å². The lowest BCUT2D eigenvalue weighted by Crippen LogP contribution is -2.43. The van der Waals surface area contributed by atoms with Crippen molar-refractivity contribution in [2.24, 2.45) is 4.99 Å². The molecular formula is C20H27IN4O2S. The minimum Gasteiger partial charge on any atom is -0.488 e. The standard InChI is InChI=1S/C20H26N4O2S.HI/c1-24(2)19(25)14-23-20(21-10-9-17-7-5-11-27-17)22-13-16-12-15-6-3-4-8-18(15)26-16;/h3-8,11,16H,9-10,12-14H2,1-2H3,(H2,21,22,23);1H. The molecule has 1 atom stereocenters. The predicted molar refractivity (Wildman–Crippen MR) is 125 cm³/mol. The van der Waals surface area contributed by atoms with Crippen LogP contribution in [-0.4, -0.2) is 56.6 Å². The van der Waals surface area contributed by atoms with Crippen LogP contribution in [0.3, 0.4) is 0 Å². The third-order valence-corrected chi connectivity index (χ3v) is 5.26. The summed E-state index contributed by atoms with van der Waals surface area (Å²) in [6.45, 7) is 1.51. The second-order valence-electron chi connectivity index (χ2n) is 6.64. The molecule has 2 N–H and O–H groups in total. The average molecular weight is 514 g/mol. The van der Waals surface area contributed by atoms with E-state index in [0.29, 0.717) is 12.5 Å². The second-order valence-corrected chi connectivity index (χ2v) is 7.67. The zero-order chi connectivity index (χ0) is 19.1. The molecule has 0 fully saturated rings. The number of rotatable bonds is 7. The number of hydrogen-bond acceptors (Lipinski definition) is 4. The molecule has 1 aromatic heterocycles. The van der Waals surface area contributed by atoms with Crippen molar-refractivity contribution in [1.82, 2.24) is 15.5 Å². The van der Waals surface area contributed by atoms with E-state index in [-0.39, 0.29) is 42.5 Å². The maximum Gasteiger partial charge on any atom is 0.243 e. The van der Waals surface area contributed by atoms with Crippen LogP contribution in [0.5, 0.6) is 5.75 Å². The van der Waals surface area contributed by atoms with E-state index in [2.05, 4.69) is 39.2 Å². The Bertz CT molecular complexity index is 755. The first kappa shape index (κ1) is 22.5. The van der Waals surface area contributed by atoms with Gasteiger partial charge in [0.05, 0.1) is 6.54 Å². The van der Waals surface area contributed by atoms with Crippen molar-refractivity contribution >= 4 is 47.2 Å². The van der Waals surface area contributed by atoms with Crippen LogP contribution in [0.25, 0.3) is 0 Å². The molecule has 2 heterocycles. The fourth-order valence-corrected chi connectivity index (χ4v) is 3.51. The molecule has 8 heteroatoms. The molecule has 152 valence electrons. The fourth-order valence-electron chi connectivity index (χ4n) is 2.80. The molecule has 0 radical (unpaired) electrons. The summed E-state index contributed by atoms with van der Waals surface area (Å²) in [5, 5.41) is 8.71. The van der Waals surface area contributed by atoms with E-state index in [1.807, 2.05) is 18.2 Å². The SMILES string of the molecule is CN(C)C(=O)CN=C(NCCc1cccs1)NCC1Cc2ccccc2O1.I. The van der Waals surface area contributed by atoms with E-state index in [9.17, 15) is 4.79 Å². The van der Waals surface area contributed by atoms with Gasteiger partial charge in [-0.05, 0) is 29.5 Å². The van der Waals surface area contributed by atoms with Crippen molar-refractivity contribution in [2.75, 3.05) is 33.7 Å². The number of amides is 1. The zero-order valence-electron chi connectivity index (χ0n) is 16.2. The number of benzene rings is 1. The first-order chi connectivity index (χ1) is 13.1. The molecule has 28 heavy (non-hydrogen) atoms. The number of para-hydroxylation sites is 1.